The Labute approximate surface area is 206 Å². The lowest BCUT2D eigenvalue weighted by molar-refractivity contribution is 0.0546. The molecule has 1 amide bonds. The molecule has 0 bridgehead atoms. The van der Waals surface area contributed by atoms with Gasteiger partial charge >= 0.3 is 0 Å². The van der Waals surface area contributed by atoms with Crippen LogP contribution in [0.5, 0.6) is 0 Å². The van der Waals surface area contributed by atoms with E-state index in [9.17, 15) is 15.0 Å². The summed E-state index contributed by atoms with van der Waals surface area (Å²) in [4.78, 5) is 18.7. The summed E-state index contributed by atoms with van der Waals surface area (Å²) in [5, 5.41) is 22.9. The van der Waals surface area contributed by atoms with Crippen molar-refractivity contribution in [1.29, 1.82) is 0 Å². The number of benzene rings is 1. The number of hydrogen-bond donors (Lipinski definition) is 3. The average Bonchev–Trinajstić information content (AvgIpc) is 2.87. The highest BCUT2D eigenvalue weighted by atomic mass is 35.5. The summed E-state index contributed by atoms with van der Waals surface area (Å²) in [5.74, 6) is 7.37. The number of carbonyl (C=O) groups is 1. The summed E-state index contributed by atoms with van der Waals surface area (Å²) in [6.07, 6.45) is 7.01. The number of aromatic nitrogens is 1. The fraction of sp³-hybridized carbons (Fsp3) is 0.481. The van der Waals surface area contributed by atoms with E-state index < -0.39 is 0 Å². The van der Waals surface area contributed by atoms with E-state index in [4.69, 9.17) is 11.6 Å². The molecular weight excluding hydrogens is 450 g/mol. The number of halogens is 1. The van der Waals surface area contributed by atoms with Gasteiger partial charge in [0.15, 0.2) is 0 Å². The van der Waals surface area contributed by atoms with Crippen LogP contribution in [0.3, 0.4) is 0 Å². The number of aliphatic hydroxyl groups is 2. The zero-order valence-corrected chi connectivity index (χ0v) is 20.1. The number of pyridine rings is 1. The molecule has 1 aliphatic carbocycles. The van der Waals surface area contributed by atoms with Crippen molar-refractivity contribution in [3.8, 4) is 11.8 Å². The SMILES string of the molecule is O=C(c1ccc(C#Cc2cnc(Cl)cc2NCC2CCC(CO)CC2)cc1)N1CCC(O)CC1. The molecule has 0 unspecified atom stereocenters. The predicted octanol–water partition coefficient (Wildman–Crippen LogP) is 3.94. The van der Waals surface area contributed by atoms with Crippen molar-refractivity contribution in [3.05, 3.63) is 58.4 Å². The second-order valence-electron chi connectivity index (χ2n) is 9.35. The van der Waals surface area contributed by atoms with Gasteiger partial charge in [-0.2, -0.15) is 0 Å². The molecule has 6 nitrogen and oxygen atoms in total. The molecule has 3 N–H and O–H groups in total. The largest absolute Gasteiger partial charge is 0.396 e. The minimum atomic E-state index is -0.301. The summed E-state index contributed by atoms with van der Waals surface area (Å²) >= 11 is 6.14. The molecule has 2 aliphatic rings. The molecule has 0 atom stereocenters. The van der Waals surface area contributed by atoms with E-state index in [1.54, 1.807) is 23.2 Å². The number of nitrogens with zero attached hydrogens (tertiary/aromatic N) is 2. The molecule has 180 valence electrons. The molecule has 4 rings (SSSR count). The summed E-state index contributed by atoms with van der Waals surface area (Å²) in [6.45, 7) is 2.31. The van der Waals surface area contributed by atoms with Gasteiger partial charge in [0.05, 0.1) is 17.4 Å². The Morgan fingerprint density at radius 3 is 2.41 bits per heavy atom. The van der Waals surface area contributed by atoms with Gasteiger partial charge in [-0.3, -0.25) is 4.79 Å². The van der Waals surface area contributed by atoms with E-state index in [1.165, 1.54) is 0 Å². The molecule has 2 aromatic rings. The molecule has 0 radical (unpaired) electrons. The first kappa shape index (κ1) is 24.5. The van der Waals surface area contributed by atoms with Crippen LogP contribution in [-0.2, 0) is 0 Å². The highest BCUT2D eigenvalue weighted by Crippen LogP contribution is 2.29. The molecule has 1 aliphatic heterocycles. The lowest BCUT2D eigenvalue weighted by Crippen LogP contribution is -2.40. The Bertz CT molecular complexity index is 1030. The van der Waals surface area contributed by atoms with Crippen LogP contribution in [-0.4, -0.2) is 58.3 Å². The van der Waals surface area contributed by atoms with Crippen LogP contribution in [0.2, 0.25) is 5.15 Å². The number of likely N-dealkylation sites (tertiary alicyclic amines) is 1. The Kier molecular flexibility index (Phi) is 8.44. The van der Waals surface area contributed by atoms with Crippen LogP contribution in [0.1, 0.15) is 60.0 Å². The topological polar surface area (TPSA) is 85.7 Å². The second kappa shape index (κ2) is 11.7. The van der Waals surface area contributed by atoms with Crippen LogP contribution in [0.25, 0.3) is 0 Å². The highest BCUT2D eigenvalue weighted by molar-refractivity contribution is 6.29. The number of anilines is 1. The van der Waals surface area contributed by atoms with Gasteiger partial charge in [0.1, 0.15) is 5.15 Å². The van der Waals surface area contributed by atoms with Crippen LogP contribution in [0.4, 0.5) is 5.69 Å². The molecule has 34 heavy (non-hydrogen) atoms. The lowest BCUT2D eigenvalue weighted by atomic mass is 9.82. The monoisotopic (exact) mass is 481 g/mol. The third-order valence-electron chi connectivity index (χ3n) is 6.90. The van der Waals surface area contributed by atoms with Gasteiger partial charge in [0.2, 0.25) is 0 Å². The average molecular weight is 482 g/mol. The highest BCUT2D eigenvalue weighted by Gasteiger charge is 2.22. The second-order valence-corrected chi connectivity index (χ2v) is 9.74. The van der Waals surface area contributed by atoms with Crippen molar-refractivity contribution >= 4 is 23.2 Å². The van der Waals surface area contributed by atoms with Crippen LogP contribution in [0.15, 0.2) is 36.5 Å². The van der Waals surface area contributed by atoms with Gasteiger partial charge < -0.3 is 20.4 Å². The van der Waals surface area contributed by atoms with E-state index in [0.29, 0.717) is 48.5 Å². The smallest absolute Gasteiger partial charge is 0.253 e. The van der Waals surface area contributed by atoms with Crippen LogP contribution < -0.4 is 5.32 Å². The maximum absolute atomic E-state index is 12.7. The Morgan fingerprint density at radius 1 is 1.06 bits per heavy atom. The molecule has 1 aromatic carbocycles. The summed E-state index contributed by atoms with van der Waals surface area (Å²) in [6, 6.07) is 9.13. The maximum Gasteiger partial charge on any atom is 0.253 e. The van der Waals surface area contributed by atoms with Crippen molar-refractivity contribution in [2.24, 2.45) is 11.8 Å². The number of amides is 1. The van der Waals surface area contributed by atoms with Crippen LogP contribution in [0, 0.1) is 23.7 Å². The number of hydrogen-bond acceptors (Lipinski definition) is 5. The van der Waals surface area contributed by atoms with Crippen molar-refractivity contribution in [2.75, 3.05) is 31.6 Å². The van der Waals surface area contributed by atoms with E-state index in [2.05, 4.69) is 22.1 Å². The first-order chi connectivity index (χ1) is 16.5. The van der Waals surface area contributed by atoms with Crippen molar-refractivity contribution in [1.82, 2.24) is 9.88 Å². The Hall–Kier alpha value is -2.59. The maximum atomic E-state index is 12.7. The summed E-state index contributed by atoms with van der Waals surface area (Å²) < 4.78 is 0. The van der Waals surface area contributed by atoms with Crippen LogP contribution >= 0.6 is 11.6 Å². The molecular formula is C27H32ClN3O3. The normalized spacial score (nSPS) is 21.0. The zero-order valence-electron chi connectivity index (χ0n) is 19.3. The third-order valence-corrected chi connectivity index (χ3v) is 7.11. The number of nitrogens with one attached hydrogen (secondary N) is 1. The number of carbonyl (C=O) groups excluding carboxylic acids is 1. The molecule has 1 saturated heterocycles. The van der Waals surface area contributed by atoms with Crippen molar-refractivity contribution in [2.45, 2.75) is 44.6 Å². The minimum absolute atomic E-state index is 0.00665. The van der Waals surface area contributed by atoms with Crippen molar-refractivity contribution in [3.63, 3.8) is 0 Å². The number of aliphatic hydroxyl groups excluding tert-OH is 2. The van der Waals surface area contributed by atoms with Gasteiger partial charge in [0, 0.05) is 43.6 Å². The lowest BCUT2D eigenvalue weighted by Gasteiger charge is -2.29. The molecule has 1 aromatic heterocycles. The van der Waals surface area contributed by atoms with Gasteiger partial charge in [-0.15, -0.1) is 0 Å². The molecule has 0 spiro atoms. The van der Waals surface area contributed by atoms with Gasteiger partial charge in [-0.1, -0.05) is 23.4 Å². The quantitative estimate of drug-likeness (QED) is 0.445. The standard InChI is InChI=1S/C27H32ClN3O3/c28-26-15-25(29-16-20-1-3-21(18-32)4-2-20)23(17-30-26)10-7-19-5-8-22(9-6-19)27(34)31-13-11-24(33)12-14-31/h5-6,8-9,15,17,20-21,24,32-33H,1-4,11-14,16,18H2,(H,29,30). The summed E-state index contributed by atoms with van der Waals surface area (Å²) in [7, 11) is 0. The number of rotatable bonds is 5. The minimum Gasteiger partial charge on any atom is -0.396 e. The fourth-order valence-corrected chi connectivity index (χ4v) is 4.79. The number of piperidine rings is 1. The van der Waals surface area contributed by atoms with E-state index in [1.807, 2.05) is 18.2 Å². The molecule has 1 saturated carbocycles. The van der Waals surface area contributed by atoms with Gasteiger partial charge in [-0.25, -0.2) is 4.98 Å². The van der Waals surface area contributed by atoms with E-state index in [-0.39, 0.29) is 18.6 Å². The predicted molar refractivity (Wildman–Crippen MR) is 134 cm³/mol. The Balaban J connectivity index is 1.39. The third kappa shape index (κ3) is 6.50. The first-order valence-corrected chi connectivity index (χ1v) is 12.5. The Morgan fingerprint density at radius 2 is 1.74 bits per heavy atom. The van der Waals surface area contributed by atoms with Gasteiger partial charge in [0.25, 0.3) is 5.91 Å². The van der Waals surface area contributed by atoms with E-state index >= 15 is 0 Å². The zero-order chi connectivity index (χ0) is 23.9. The molecule has 7 heteroatoms. The summed E-state index contributed by atoms with van der Waals surface area (Å²) in [5.41, 5.74) is 3.10. The first-order valence-electron chi connectivity index (χ1n) is 12.1. The molecule has 2 fully saturated rings. The fourth-order valence-electron chi connectivity index (χ4n) is 4.64. The van der Waals surface area contributed by atoms with Gasteiger partial charge in [-0.05, 0) is 80.7 Å². The molecule has 2 heterocycles. The van der Waals surface area contributed by atoms with Crippen molar-refractivity contribution < 1.29 is 15.0 Å². The van der Waals surface area contributed by atoms with E-state index in [0.717, 1.165) is 49.0 Å².